The summed E-state index contributed by atoms with van der Waals surface area (Å²) in [5.41, 5.74) is 1.64. The molecule has 0 amide bonds. The molecular weight excluding hydrogens is 262 g/mol. The second-order valence-corrected chi connectivity index (χ2v) is 6.76. The van der Waals surface area contributed by atoms with Crippen molar-refractivity contribution in [3.63, 3.8) is 0 Å². The molecule has 0 aliphatic carbocycles. The van der Waals surface area contributed by atoms with E-state index in [0.717, 1.165) is 31.6 Å². The highest BCUT2D eigenvalue weighted by molar-refractivity contribution is 7.92. The third kappa shape index (κ3) is 4.40. The smallest absolute Gasteiger partial charge is 0.232 e. The van der Waals surface area contributed by atoms with Gasteiger partial charge < -0.3 is 10.6 Å². The van der Waals surface area contributed by atoms with Crippen LogP contribution in [0.5, 0.6) is 0 Å². The van der Waals surface area contributed by atoms with Crippen LogP contribution in [0.25, 0.3) is 0 Å². The van der Waals surface area contributed by atoms with E-state index < -0.39 is 10.0 Å². The summed E-state index contributed by atoms with van der Waals surface area (Å²) in [5, 5.41) is 6.79. The molecule has 1 aromatic carbocycles. The monoisotopic (exact) mass is 283 g/mol. The number of benzene rings is 1. The second kappa shape index (κ2) is 6.25. The van der Waals surface area contributed by atoms with Gasteiger partial charge in [0.1, 0.15) is 0 Å². The fourth-order valence-corrected chi connectivity index (χ4v) is 2.73. The standard InChI is InChI=1S/C13H21N3O2S/c1-2-19(17,18)16-13-5-3-11(4-6-13)15-12-7-9-14-10-8-12/h3-6,12,14-16H,2,7-10H2,1H3. The minimum absolute atomic E-state index is 0.0854. The molecule has 0 atom stereocenters. The molecule has 0 spiro atoms. The van der Waals surface area contributed by atoms with Crippen molar-refractivity contribution in [3.8, 4) is 0 Å². The first-order valence-electron chi connectivity index (χ1n) is 6.67. The molecule has 5 nitrogen and oxygen atoms in total. The molecule has 0 aromatic heterocycles. The van der Waals surface area contributed by atoms with Gasteiger partial charge in [-0.3, -0.25) is 4.72 Å². The first kappa shape index (κ1) is 14.1. The van der Waals surface area contributed by atoms with Crippen LogP contribution < -0.4 is 15.4 Å². The van der Waals surface area contributed by atoms with Crippen LogP contribution in [0, 0.1) is 0 Å². The van der Waals surface area contributed by atoms with E-state index >= 15 is 0 Å². The van der Waals surface area contributed by atoms with Gasteiger partial charge in [-0.15, -0.1) is 0 Å². The molecule has 0 unspecified atom stereocenters. The van der Waals surface area contributed by atoms with Gasteiger partial charge in [0.25, 0.3) is 0 Å². The maximum atomic E-state index is 11.4. The van der Waals surface area contributed by atoms with Crippen LogP contribution in [-0.2, 0) is 10.0 Å². The van der Waals surface area contributed by atoms with Crippen molar-refractivity contribution < 1.29 is 8.42 Å². The molecule has 1 aromatic rings. The SMILES string of the molecule is CCS(=O)(=O)Nc1ccc(NC2CCNCC2)cc1. The lowest BCUT2D eigenvalue weighted by Crippen LogP contribution is -2.35. The van der Waals surface area contributed by atoms with Crippen LogP contribution in [0.1, 0.15) is 19.8 Å². The Morgan fingerprint density at radius 2 is 1.74 bits per heavy atom. The molecule has 0 radical (unpaired) electrons. The number of anilines is 2. The Morgan fingerprint density at radius 1 is 1.16 bits per heavy atom. The van der Waals surface area contributed by atoms with Crippen LogP contribution in [0.15, 0.2) is 24.3 Å². The first-order chi connectivity index (χ1) is 9.09. The molecule has 0 saturated carbocycles. The zero-order valence-electron chi connectivity index (χ0n) is 11.1. The molecule has 0 bridgehead atoms. The van der Waals surface area contributed by atoms with Gasteiger partial charge in [-0.25, -0.2) is 8.42 Å². The van der Waals surface area contributed by atoms with E-state index in [1.165, 1.54) is 0 Å². The van der Waals surface area contributed by atoms with Gasteiger partial charge in [0.05, 0.1) is 5.75 Å². The summed E-state index contributed by atoms with van der Waals surface area (Å²) in [6.45, 7) is 3.72. The van der Waals surface area contributed by atoms with Gasteiger partial charge in [-0.05, 0) is 57.1 Å². The third-order valence-electron chi connectivity index (χ3n) is 3.25. The van der Waals surface area contributed by atoms with Gasteiger partial charge in [0.2, 0.25) is 10.0 Å². The van der Waals surface area contributed by atoms with Gasteiger partial charge in [0.15, 0.2) is 0 Å². The molecule has 19 heavy (non-hydrogen) atoms. The molecule has 1 saturated heterocycles. The zero-order valence-corrected chi connectivity index (χ0v) is 12.0. The summed E-state index contributed by atoms with van der Waals surface area (Å²) in [7, 11) is -3.19. The fraction of sp³-hybridized carbons (Fsp3) is 0.538. The minimum Gasteiger partial charge on any atom is -0.382 e. The minimum atomic E-state index is -3.19. The summed E-state index contributed by atoms with van der Waals surface area (Å²) in [6.07, 6.45) is 2.23. The van der Waals surface area contributed by atoms with Gasteiger partial charge >= 0.3 is 0 Å². The van der Waals surface area contributed by atoms with E-state index in [0.29, 0.717) is 11.7 Å². The van der Waals surface area contributed by atoms with Crippen LogP contribution in [0.2, 0.25) is 0 Å². The van der Waals surface area contributed by atoms with E-state index in [1.807, 2.05) is 12.1 Å². The van der Waals surface area contributed by atoms with Crippen LogP contribution >= 0.6 is 0 Å². The second-order valence-electron chi connectivity index (χ2n) is 4.75. The van der Waals surface area contributed by atoms with Crippen molar-refractivity contribution >= 4 is 21.4 Å². The molecule has 3 N–H and O–H groups in total. The van der Waals surface area contributed by atoms with E-state index in [2.05, 4.69) is 15.4 Å². The summed E-state index contributed by atoms with van der Waals surface area (Å²) in [4.78, 5) is 0. The average Bonchev–Trinajstić information content (AvgIpc) is 2.42. The zero-order chi connectivity index (χ0) is 13.7. The summed E-state index contributed by atoms with van der Waals surface area (Å²) >= 11 is 0. The van der Waals surface area contributed by atoms with Crippen molar-refractivity contribution in [1.82, 2.24) is 5.32 Å². The normalized spacial score (nSPS) is 17.1. The largest absolute Gasteiger partial charge is 0.382 e. The van der Waals surface area contributed by atoms with Crippen LogP contribution in [0.3, 0.4) is 0 Å². The number of nitrogens with one attached hydrogen (secondary N) is 3. The maximum absolute atomic E-state index is 11.4. The molecule has 1 aliphatic rings. The van der Waals surface area contributed by atoms with Crippen molar-refractivity contribution in [2.45, 2.75) is 25.8 Å². The van der Waals surface area contributed by atoms with E-state index in [-0.39, 0.29) is 5.75 Å². The summed E-state index contributed by atoms with van der Waals surface area (Å²) < 4.78 is 25.4. The quantitative estimate of drug-likeness (QED) is 0.768. The number of piperidine rings is 1. The summed E-state index contributed by atoms with van der Waals surface area (Å²) in [5.74, 6) is 0.0854. The lowest BCUT2D eigenvalue weighted by atomic mass is 10.1. The van der Waals surface area contributed by atoms with E-state index in [4.69, 9.17) is 0 Å². The predicted molar refractivity (Wildman–Crippen MR) is 79.0 cm³/mol. The lowest BCUT2D eigenvalue weighted by molar-refractivity contribution is 0.479. The van der Waals surface area contributed by atoms with E-state index in [9.17, 15) is 8.42 Å². The van der Waals surface area contributed by atoms with Crippen molar-refractivity contribution in [2.75, 3.05) is 28.9 Å². The highest BCUT2D eigenvalue weighted by Gasteiger charge is 2.12. The lowest BCUT2D eigenvalue weighted by Gasteiger charge is -2.24. The van der Waals surface area contributed by atoms with Gasteiger partial charge in [0, 0.05) is 17.4 Å². The highest BCUT2D eigenvalue weighted by atomic mass is 32.2. The maximum Gasteiger partial charge on any atom is 0.232 e. The van der Waals surface area contributed by atoms with Gasteiger partial charge in [-0.2, -0.15) is 0 Å². The van der Waals surface area contributed by atoms with Crippen molar-refractivity contribution in [3.05, 3.63) is 24.3 Å². The molecule has 1 fully saturated rings. The van der Waals surface area contributed by atoms with Gasteiger partial charge in [-0.1, -0.05) is 0 Å². The molecule has 2 rings (SSSR count). The summed E-state index contributed by atoms with van der Waals surface area (Å²) in [6, 6.07) is 7.90. The number of rotatable bonds is 5. The van der Waals surface area contributed by atoms with E-state index in [1.54, 1.807) is 19.1 Å². The van der Waals surface area contributed by atoms with Crippen molar-refractivity contribution in [2.24, 2.45) is 0 Å². The van der Waals surface area contributed by atoms with Crippen LogP contribution in [-0.4, -0.2) is 33.3 Å². The Balaban J connectivity index is 1.94. The number of sulfonamides is 1. The molecule has 1 heterocycles. The molecular formula is C13H21N3O2S. The van der Waals surface area contributed by atoms with Crippen molar-refractivity contribution in [1.29, 1.82) is 0 Å². The molecule has 106 valence electrons. The number of hydrogen-bond donors (Lipinski definition) is 3. The Morgan fingerprint density at radius 3 is 2.32 bits per heavy atom. The Kier molecular flexibility index (Phi) is 4.66. The molecule has 1 aliphatic heterocycles. The topological polar surface area (TPSA) is 70.2 Å². The number of hydrogen-bond acceptors (Lipinski definition) is 4. The third-order valence-corrected chi connectivity index (χ3v) is 4.56. The predicted octanol–water partition coefficient (Wildman–Crippen LogP) is 1.61. The highest BCUT2D eigenvalue weighted by Crippen LogP contribution is 2.17. The fourth-order valence-electron chi connectivity index (χ4n) is 2.09. The Bertz CT molecular complexity index is 493. The first-order valence-corrected chi connectivity index (χ1v) is 8.32. The van der Waals surface area contributed by atoms with Crippen LogP contribution in [0.4, 0.5) is 11.4 Å². The Labute approximate surface area is 114 Å². The molecule has 6 heteroatoms. The average molecular weight is 283 g/mol. The Hall–Kier alpha value is -1.27.